The van der Waals surface area contributed by atoms with Crippen molar-refractivity contribution in [1.29, 1.82) is 0 Å². The molecular weight excluding hydrogens is 417 g/mol. The number of halogens is 2. The van der Waals surface area contributed by atoms with Crippen LogP contribution in [0.15, 0.2) is 59.0 Å². The predicted molar refractivity (Wildman–Crippen MR) is 125 cm³/mol. The lowest BCUT2D eigenvalue weighted by Gasteiger charge is -2.12. The van der Waals surface area contributed by atoms with Gasteiger partial charge in [0, 0.05) is 22.2 Å². The van der Waals surface area contributed by atoms with E-state index in [0.717, 1.165) is 24.0 Å². The third-order valence-electron chi connectivity index (χ3n) is 4.97. The van der Waals surface area contributed by atoms with Crippen LogP contribution in [0.25, 0.3) is 16.9 Å². The summed E-state index contributed by atoms with van der Waals surface area (Å²) in [6.45, 7) is 6.50. The van der Waals surface area contributed by atoms with E-state index in [9.17, 15) is 4.79 Å². The van der Waals surface area contributed by atoms with E-state index in [2.05, 4.69) is 25.2 Å². The first-order valence-electron chi connectivity index (χ1n) is 9.99. The number of rotatable bonds is 7. The molecule has 5 heteroatoms. The van der Waals surface area contributed by atoms with Gasteiger partial charge >= 0.3 is 0 Å². The lowest BCUT2D eigenvalue weighted by atomic mass is 9.97. The summed E-state index contributed by atoms with van der Waals surface area (Å²) in [5.74, 6) is 1.10. The second-order valence-electron chi connectivity index (χ2n) is 7.19. The number of aryl methyl sites for hydroxylation is 2. The molecule has 0 saturated carbocycles. The Balaban J connectivity index is 1.68. The molecule has 1 N–H and O–H groups in total. The van der Waals surface area contributed by atoms with Crippen LogP contribution in [0.4, 0.5) is 0 Å². The minimum Gasteiger partial charge on any atom is -0.461 e. The van der Waals surface area contributed by atoms with E-state index in [-0.39, 0.29) is 5.91 Å². The van der Waals surface area contributed by atoms with E-state index in [1.54, 1.807) is 25.1 Å². The average molecular weight is 442 g/mol. The normalized spacial score (nSPS) is 11.6. The number of nitrogens with one attached hydrogen (secondary N) is 1. The fourth-order valence-corrected chi connectivity index (χ4v) is 3.70. The summed E-state index contributed by atoms with van der Waals surface area (Å²) in [7, 11) is 0. The Bertz CT molecular complexity index is 1070. The first kappa shape index (κ1) is 22.2. The summed E-state index contributed by atoms with van der Waals surface area (Å²) in [5.41, 5.74) is 4.90. The highest BCUT2D eigenvalue weighted by molar-refractivity contribution is 6.31. The average Bonchev–Trinajstić information content (AvgIpc) is 3.11. The Hall–Kier alpha value is -2.49. The number of carbonyl (C=O) groups is 1. The maximum absolute atomic E-state index is 12.7. The Morgan fingerprint density at radius 2 is 1.70 bits per heavy atom. The van der Waals surface area contributed by atoms with E-state index in [4.69, 9.17) is 27.6 Å². The summed E-state index contributed by atoms with van der Waals surface area (Å²) in [6.07, 6.45) is 3.83. The third-order valence-corrected chi connectivity index (χ3v) is 5.45. The van der Waals surface area contributed by atoms with Gasteiger partial charge in [-0.2, -0.15) is 0 Å². The number of hydrogen-bond acceptors (Lipinski definition) is 2. The van der Waals surface area contributed by atoms with Crippen LogP contribution in [0.2, 0.25) is 10.0 Å². The lowest BCUT2D eigenvalue weighted by molar-refractivity contribution is 0.0953. The highest BCUT2D eigenvalue weighted by Gasteiger charge is 2.16. The molecule has 0 fully saturated rings. The molecule has 0 aliphatic rings. The van der Waals surface area contributed by atoms with Crippen molar-refractivity contribution in [2.45, 2.75) is 33.6 Å². The highest BCUT2D eigenvalue weighted by Crippen LogP contribution is 2.28. The first-order chi connectivity index (χ1) is 14.4. The Morgan fingerprint density at radius 3 is 2.40 bits per heavy atom. The molecule has 0 unspecified atom stereocenters. The van der Waals surface area contributed by atoms with Crippen molar-refractivity contribution >= 4 is 34.7 Å². The van der Waals surface area contributed by atoms with E-state index in [1.807, 2.05) is 30.3 Å². The van der Waals surface area contributed by atoms with Crippen molar-refractivity contribution < 1.29 is 9.21 Å². The zero-order valence-corrected chi connectivity index (χ0v) is 18.9. The molecule has 1 heterocycles. The smallest absolute Gasteiger partial charge is 0.254 e. The van der Waals surface area contributed by atoms with E-state index < -0.39 is 0 Å². The number of furan rings is 1. The van der Waals surface area contributed by atoms with E-state index in [1.165, 1.54) is 11.1 Å². The molecule has 0 spiro atoms. The number of carbonyl (C=O) groups excluding carboxylic acids is 1. The largest absolute Gasteiger partial charge is 0.461 e. The molecule has 2 aromatic carbocycles. The van der Waals surface area contributed by atoms with Gasteiger partial charge in [0.15, 0.2) is 0 Å². The molecule has 0 aliphatic carbocycles. The van der Waals surface area contributed by atoms with Gasteiger partial charge in [0.05, 0.1) is 5.56 Å². The van der Waals surface area contributed by atoms with Gasteiger partial charge in [-0.1, -0.05) is 42.3 Å². The minimum absolute atomic E-state index is 0.143. The Morgan fingerprint density at radius 1 is 1.00 bits per heavy atom. The molecule has 3 rings (SSSR count). The summed E-state index contributed by atoms with van der Waals surface area (Å²) in [5, 5.41) is 4.38. The van der Waals surface area contributed by atoms with E-state index in [0.29, 0.717) is 33.7 Å². The van der Waals surface area contributed by atoms with Crippen molar-refractivity contribution in [2.24, 2.45) is 0 Å². The summed E-state index contributed by atoms with van der Waals surface area (Å²) in [4.78, 5) is 12.7. The van der Waals surface area contributed by atoms with Crippen LogP contribution in [0, 0.1) is 13.8 Å². The first-order valence-corrected chi connectivity index (χ1v) is 10.7. The SMILES string of the molecule is CC/C=C(/CCNC(=O)c1cc(-c2ccc(Cl)cc2)oc1C)c1cc(Cl)ccc1C. The lowest BCUT2D eigenvalue weighted by Crippen LogP contribution is -2.24. The third kappa shape index (κ3) is 5.35. The molecule has 0 atom stereocenters. The molecule has 3 nitrogen and oxygen atoms in total. The van der Waals surface area contributed by atoms with Gasteiger partial charge in [-0.25, -0.2) is 0 Å². The predicted octanol–water partition coefficient (Wildman–Crippen LogP) is 7.48. The monoisotopic (exact) mass is 441 g/mol. The fourth-order valence-electron chi connectivity index (χ4n) is 3.40. The molecule has 1 amide bonds. The van der Waals surface area contributed by atoms with Gasteiger partial charge in [-0.15, -0.1) is 0 Å². The van der Waals surface area contributed by atoms with Crippen molar-refractivity contribution in [2.75, 3.05) is 6.54 Å². The van der Waals surface area contributed by atoms with Crippen LogP contribution in [-0.2, 0) is 0 Å². The fraction of sp³-hybridized carbons (Fsp3) is 0.240. The van der Waals surface area contributed by atoms with Crippen LogP contribution in [0.5, 0.6) is 0 Å². The van der Waals surface area contributed by atoms with Crippen LogP contribution in [0.3, 0.4) is 0 Å². The second-order valence-corrected chi connectivity index (χ2v) is 8.06. The van der Waals surface area contributed by atoms with Crippen LogP contribution >= 0.6 is 23.2 Å². The zero-order chi connectivity index (χ0) is 21.7. The van der Waals surface area contributed by atoms with E-state index >= 15 is 0 Å². The van der Waals surface area contributed by atoms with Crippen molar-refractivity contribution in [3.8, 4) is 11.3 Å². The summed E-state index contributed by atoms with van der Waals surface area (Å²) >= 11 is 12.1. The van der Waals surface area contributed by atoms with Crippen LogP contribution < -0.4 is 5.32 Å². The van der Waals surface area contributed by atoms with Gasteiger partial charge in [0.2, 0.25) is 0 Å². The Kier molecular flexibility index (Phi) is 7.41. The molecular formula is C25H25Cl2NO2. The molecule has 0 saturated heterocycles. The van der Waals surface area contributed by atoms with Gasteiger partial charge in [0.1, 0.15) is 11.5 Å². The molecule has 0 radical (unpaired) electrons. The minimum atomic E-state index is -0.143. The van der Waals surface area contributed by atoms with Gasteiger partial charge in [-0.3, -0.25) is 4.79 Å². The molecule has 1 aromatic heterocycles. The van der Waals surface area contributed by atoms with Crippen molar-refractivity contribution in [3.63, 3.8) is 0 Å². The summed E-state index contributed by atoms with van der Waals surface area (Å²) in [6, 6.07) is 15.0. The van der Waals surface area contributed by atoms with Crippen LogP contribution in [0.1, 0.15) is 47.0 Å². The van der Waals surface area contributed by atoms with Gasteiger partial charge < -0.3 is 9.73 Å². The van der Waals surface area contributed by atoms with Crippen LogP contribution in [-0.4, -0.2) is 12.5 Å². The number of allylic oxidation sites excluding steroid dienone is 1. The van der Waals surface area contributed by atoms with Gasteiger partial charge in [-0.05, 0) is 85.9 Å². The molecule has 156 valence electrons. The Labute approximate surface area is 187 Å². The summed E-state index contributed by atoms with van der Waals surface area (Å²) < 4.78 is 5.80. The highest BCUT2D eigenvalue weighted by atomic mass is 35.5. The number of amides is 1. The molecule has 0 bridgehead atoms. The maximum atomic E-state index is 12.7. The molecule has 3 aromatic rings. The molecule has 30 heavy (non-hydrogen) atoms. The number of hydrogen-bond donors (Lipinski definition) is 1. The topological polar surface area (TPSA) is 42.2 Å². The quantitative estimate of drug-likeness (QED) is 0.412. The van der Waals surface area contributed by atoms with Crippen molar-refractivity contribution in [3.05, 3.63) is 87.1 Å². The number of benzene rings is 2. The standard InChI is InChI=1S/C25H25Cl2NO2/c1-4-5-18(22-14-21(27)9-6-16(22)2)12-13-28-25(29)23-15-24(30-17(23)3)19-7-10-20(26)11-8-19/h5-11,14-15H,4,12-13H2,1-3H3,(H,28,29)/b18-5-. The van der Waals surface area contributed by atoms with Crippen molar-refractivity contribution in [1.82, 2.24) is 5.32 Å². The second kappa shape index (κ2) is 10.0. The zero-order valence-electron chi connectivity index (χ0n) is 17.4. The maximum Gasteiger partial charge on any atom is 0.254 e. The van der Waals surface area contributed by atoms with Gasteiger partial charge in [0.25, 0.3) is 5.91 Å². The molecule has 0 aliphatic heterocycles.